The summed E-state index contributed by atoms with van der Waals surface area (Å²) in [5.41, 5.74) is 0.147. The molecule has 2 aromatic rings. The van der Waals surface area contributed by atoms with Gasteiger partial charge in [0.1, 0.15) is 5.82 Å². The minimum atomic E-state index is -4.12. The molecule has 7 heteroatoms. The molecule has 0 amide bonds. The van der Waals surface area contributed by atoms with Crippen LogP contribution < -0.4 is 4.72 Å². The van der Waals surface area contributed by atoms with Gasteiger partial charge in [0.25, 0.3) is 10.0 Å². The molecule has 0 unspecified atom stereocenters. The van der Waals surface area contributed by atoms with Crippen LogP contribution in [0.2, 0.25) is 0 Å². The highest BCUT2D eigenvalue weighted by Gasteiger charge is 2.18. The molecule has 0 aromatic heterocycles. The molecule has 106 valence electrons. The number of nitrogens with one attached hydrogen (secondary N) is 1. The van der Waals surface area contributed by atoms with Gasteiger partial charge in [-0.15, -0.1) is 0 Å². The third kappa shape index (κ3) is 2.77. The van der Waals surface area contributed by atoms with E-state index in [-0.39, 0.29) is 11.3 Å². The summed E-state index contributed by atoms with van der Waals surface area (Å²) >= 11 is 0. The molecule has 0 aliphatic rings. The molecule has 0 saturated carbocycles. The molecule has 2 aromatic carbocycles. The highest BCUT2D eigenvalue weighted by atomic mass is 32.2. The second kappa shape index (κ2) is 5.16. The molecule has 0 saturated heterocycles. The zero-order valence-electron chi connectivity index (χ0n) is 10.3. The largest absolute Gasteiger partial charge is 0.279 e. The maximum absolute atomic E-state index is 13.3. The van der Waals surface area contributed by atoms with Crippen LogP contribution in [0.4, 0.5) is 18.9 Å². The molecule has 0 radical (unpaired) electrons. The average molecular weight is 301 g/mol. The molecule has 0 aliphatic carbocycles. The van der Waals surface area contributed by atoms with Crippen LogP contribution in [0.1, 0.15) is 5.56 Å². The number of anilines is 1. The first-order valence-corrected chi connectivity index (χ1v) is 7.02. The lowest BCUT2D eigenvalue weighted by Gasteiger charge is -2.11. The van der Waals surface area contributed by atoms with E-state index >= 15 is 0 Å². The molecule has 3 nitrogen and oxygen atoms in total. The molecule has 0 atom stereocenters. The maximum Gasteiger partial charge on any atom is 0.262 e. The number of halogens is 3. The van der Waals surface area contributed by atoms with Crippen LogP contribution in [-0.2, 0) is 10.0 Å². The van der Waals surface area contributed by atoms with Crippen molar-refractivity contribution in [3.63, 3.8) is 0 Å². The standard InChI is InChI=1S/C13H10F3NO2S/c1-8-10(14)3-2-4-13(8)17-20(18,19)9-5-6-11(15)12(16)7-9/h2-7,17H,1H3. The number of hydrogen-bond donors (Lipinski definition) is 1. The molecule has 20 heavy (non-hydrogen) atoms. The Morgan fingerprint density at radius 3 is 2.30 bits per heavy atom. The summed E-state index contributed by atoms with van der Waals surface area (Å²) in [6.07, 6.45) is 0. The first-order valence-electron chi connectivity index (χ1n) is 5.54. The highest BCUT2D eigenvalue weighted by molar-refractivity contribution is 7.92. The smallest absolute Gasteiger partial charge is 0.262 e. The van der Waals surface area contributed by atoms with E-state index in [2.05, 4.69) is 4.72 Å². The summed E-state index contributed by atoms with van der Waals surface area (Å²) in [6.45, 7) is 1.40. The highest BCUT2D eigenvalue weighted by Crippen LogP contribution is 2.22. The van der Waals surface area contributed by atoms with Gasteiger partial charge in [-0.05, 0) is 37.3 Å². The first-order chi connectivity index (χ1) is 9.31. The molecular formula is C13H10F3NO2S. The summed E-state index contributed by atoms with van der Waals surface area (Å²) in [7, 11) is -4.12. The molecule has 0 aliphatic heterocycles. The molecule has 0 bridgehead atoms. The summed E-state index contributed by atoms with van der Waals surface area (Å²) < 4.78 is 65.3. The predicted octanol–water partition coefficient (Wildman–Crippen LogP) is 3.21. The summed E-state index contributed by atoms with van der Waals surface area (Å²) in [5.74, 6) is -3.00. The maximum atomic E-state index is 13.3. The Morgan fingerprint density at radius 1 is 0.950 bits per heavy atom. The fraction of sp³-hybridized carbons (Fsp3) is 0.0769. The Bertz CT molecular complexity index is 760. The fourth-order valence-corrected chi connectivity index (χ4v) is 2.70. The SMILES string of the molecule is Cc1c(F)cccc1NS(=O)(=O)c1ccc(F)c(F)c1. The van der Waals surface area contributed by atoms with Crippen molar-refractivity contribution in [3.05, 3.63) is 59.4 Å². The third-order valence-corrected chi connectivity index (χ3v) is 4.08. The van der Waals surface area contributed by atoms with Gasteiger partial charge >= 0.3 is 0 Å². The summed E-state index contributed by atoms with van der Waals surface area (Å²) in [6, 6.07) is 6.09. The zero-order chi connectivity index (χ0) is 14.9. The van der Waals surface area contributed by atoms with Gasteiger partial charge in [-0.1, -0.05) is 6.07 Å². The van der Waals surface area contributed by atoms with Crippen molar-refractivity contribution in [3.8, 4) is 0 Å². The van der Waals surface area contributed by atoms with Crippen molar-refractivity contribution < 1.29 is 21.6 Å². The van der Waals surface area contributed by atoms with Crippen molar-refractivity contribution in [2.75, 3.05) is 4.72 Å². The van der Waals surface area contributed by atoms with Gasteiger partial charge in [0.05, 0.1) is 10.6 Å². The number of rotatable bonds is 3. The minimum absolute atomic E-state index is 0.0368. The van der Waals surface area contributed by atoms with Crippen LogP contribution in [0, 0.1) is 24.4 Å². The molecule has 0 heterocycles. The van der Waals surface area contributed by atoms with Crippen LogP contribution in [-0.4, -0.2) is 8.42 Å². The summed E-state index contributed by atoms with van der Waals surface area (Å²) in [5, 5.41) is 0. The van der Waals surface area contributed by atoms with Crippen LogP contribution in [0.5, 0.6) is 0 Å². The third-order valence-electron chi connectivity index (χ3n) is 2.71. The number of hydrogen-bond acceptors (Lipinski definition) is 2. The Balaban J connectivity index is 2.41. The second-order valence-corrected chi connectivity index (χ2v) is 5.78. The Hall–Kier alpha value is -2.02. The number of sulfonamides is 1. The lowest BCUT2D eigenvalue weighted by Crippen LogP contribution is -2.14. The molecule has 2 rings (SSSR count). The Morgan fingerprint density at radius 2 is 1.65 bits per heavy atom. The zero-order valence-corrected chi connectivity index (χ0v) is 11.1. The normalized spacial score (nSPS) is 11.4. The van der Waals surface area contributed by atoms with Crippen molar-refractivity contribution in [1.82, 2.24) is 0 Å². The van der Waals surface area contributed by atoms with Gasteiger partial charge < -0.3 is 0 Å². The van der Waals surface area contributed by atoms with E-state index in [1.165, 1.54) is 25.1 Å². The van der Waals surface area contributed by atoms with Gasteiger partial charge in [-0.3, -0.25) is 4.72 Å². The van der Waals surface area contributed by atoms with E-state index in [4.69, 9.17) is 0 Å². The minimum Gasteiger partial charge on any atom is -0.279 e. The van der Waals surface area contributed by atoms with Crippen LogP contribution in [0.3, 0.4) is 0 Å². The Kier molecular flexibility index (Phi) is 3.71. The van der Waals surface area contributed by atoms with Crippen LogP contribution >= 0.6 is 0 Å². The van der Waals surface area contributed by atoms with Gasteiger partial charge in [0, 0.05) is 5.56 Å². The van der Waals surface area contributed by atoms with E-state index in [9.17, 15) is 21.6 Å². The lowest BCUT2D eigenvalue weighted by molar-refractivity contribution is 0.504. The van der Waals surface area contributed by atoms with Crippen LogP contribution in [0.15, 0.2) is 41.3 Å². The molecule has 1 N–H and O–H groups in total. The van der Waals surface area contributed by atoms with Gasteiger partial charge in [-0.2, -0.15) is 0 Å². The van der Waals surface area contributed by atoms with E-state index in [0.717, 1.165) is 6.07 Å². The van der Waals surface area contributed by atoms with Crippen molar-refractivity contribution in [2.24, 2.45) is 0 Å². The average Bonchev–Trinajstić information content (AvgIpc) is 2.38. The topological polar surface area (TPSA) is 46.2 Å². The molecular weight excluding hydrogens is 291 g/mol. The van der Waals surface area contributed by atoms with E-state index < -0.39 is 32.4 Å². The van der Waals surface area contributed by atoms with Gasteiger partial charge in [-0.25, -0.2) is 21.6 Å². The quantitative estimate of drug-likeness (QED) is 0.946. The van der Waals surface area contributed by atoms with Crippen molar-refractivity contribution >= 4 is 15.7 Å². The van der Waals surface area contributed by atoms with E-state index in [1.807, 2.05) is 0 Å². The molecule has 0 fully saturated rings. The first kappa shape index (κ1) is 14.4. The van der Waals surface area contributed by atoms with Crippen molar-refractivity contribution in [1.29, 1.82) is 0 Å². The van der Waals surface area contributed by atoms with Gasteiger partial charge in [0.15, 0.2) is 11.6 Å². The van der Waals surface area contributed by atoms with E-state index in [1.54, 1.807) is 0 Å². The lowest BCUT2D eigenvalue weighted by atomic mass is 10.2. The monoisotopic (exact) mass is 301 g/mol. The molecule has 0 spiro atoms. The number of benzene rings is 2. The second-order valence-electron chi connectivity index (χ2n) is 4.09. The van der Waals surface area contributed by atoms with E-state index in [0.29, 0.717) is 12.1 Å². The Labute approximate surface area is 114 Å². The summed E-state index contributed by atoms with van der Waals surface area (Å²) in [4.78, 5) is -0.444. The van der Waals surface area contributed by atoms with Crippen LogP contribution in [0.25, 0.3) is 0 Å². The predicted molar refractivity (Wildman–Crippen MR) is 68.3 cm³/mol. The van der Waals surface area contributed by atoms with Crippen molar-refractivity contribution in [2.45, 2.75) is 11.8 Å². The fourth-order valence-electron chi connectivity index (χ4n) is 1.57. The van der Waals surface area contributed by atoms with Gasteiger partial charge in [0.2, 0.25) is 0 Å².